The van der Waals surface area contributed by atoms with Gasteiger partial charge in [-0.1, -0.05) is 0 Å². The highest BCUT2D eigenvalue weighted by atomic mass is 19.1. The predicted octanol–water partition coefficient (Wildman–Crippen LogP) is 2.11. The van der Waals surface area contributed by atoms with Crippen molar-refractivity contribution < 1.29 is 18.7 Å². The van der Waals surface area contributed by atoms with E-state index in [1.807, 2.05) is 0 Å². The molecule has 0 saturated heterocycles. The van der Waals surface area contributed by atoms with Crippen LogP contribution in [0.1, 0.15) is 12.5 Å². The van der Waals surface area contributed by atoms with Gasteiger partial charge in [-0.25, -0.2) is 9.37 Å². The molecule has 2 amide bonds. The highest BCUT2D eigenvalue weighted by Crippen LogP contribution is 2.20. The SMILES string of the molecule is CC(=O)N(C)CC(=O)NCc1ccnc(Oc2ccc(F)cc2)c1. The standard InChI is InChI=1S/C17H18FN3O3/c1-12(22)21(2)11-16(23)20-10-13-7-8-19-17(9-13)24-15-5-3-14(18)4-6-15/h3-9H,10-11H2,1-2H3,(H,20,23). The summed E-state index contributed by atoms with van der Waals surface area (Å²) in [5.41, 5.74) is 0.793. The fraction of sp³-hybridized carbons (Fsp3) is 0.235. The quantitative estimate of drug-likeness (QED) is 0.880. The molecule has 0 atom stereocenters. The first-order chi connectivity index (χ1) is 11.4. The molecule has 0 radical (unpaired) electrons. The number of carbonyl (C=O) groups excluding carboxylic acids is 2. The Hall–Kier alpha value is -2.96. The Kier molecular flexibility index (Phi) is 5.83. The normalized spacial score (nSPS) is 10.1. The van der Waals surface area contributed by atoms with Crippen molar-refractivity contribution in [3.63, 3.8) is 0 Å². The van der Waals surface area contributed by atoms with E-state index in [0.29, 0.717) is 11.6 Å². The molecule has 0 aliphatic rings. The number of likely N-dealkylation sites (N-methyl/N-ethyl adjacent to an activating group) is 1. The van der Waals surface area contributed by atoms with E-state index in [0.717, 1.165) is 5.56 Å². The monoisotopic (exact) mass is 331 g/mol. The van der Waals surface area contributed by atoms with E-state index in [1.165, 1.54) is 36.1 Å². The lowest BCUT2D eigenvalue weighted by Gasteiger charge is -2.14. The van der Waals surface area contributed by atoms with E-state index in [4.69, 9.17) is 4.74 Å². The van der Waals surface area contributed by atoms with Crippen molar-refractivity contribution in [1.82, 2.24) is 15.2 Å². The van der Waals surface area contributed by atoms with Gasteiger partial charge in [0.1, 0.15) is 11.6 Å². The number of benzene rings is 1. The maximum Gasteiger partial charge on any atom is 0.239 e. The van der Waals surface area contributed by atoms with Gasteiger partial charge >= 0.3 is 0 Å². The molecule has 0 fully saturated rings. The Morgan fingerprint density at radius 1 is 1.25 bits per heavy atom. The van der Waals surface area contributed by atoms with Crippen molar-refractivity contribution in [3.8, 4) is 11.6 Å². The molecule has 7 heteroatoms. The van der Waals surface area contributed by atoms with Gasteiger partial charge in [0.15, 0.2) is 0 Å². The first kappa shape index (κ1) is 17.4. The maximum absolute atomic E-state index is 12.9. The molecule has 24 heavy (non-hydrogen) atoms. The minimum absolute atomic E-state index is 0.000641. The fourth-order valence-corrected chi connectivity index (χ4v) is 1.82. The lowest BCUT2D eigenvalue weighted by Crippen LogP contribution is -2.36. The van der Waals surface area contributed by atoms with Gasteiger partial charge in [0.25, 0.3) is 0 Å². The summed E-state index contributed by atoms with van der Waals surface area (Å²) in [6.45, 7) is 1.68. The van der Waals surface area contributed by atoms with Crippen molar-refractivity contribution in [2.75, 3.05) is 13.6 Å². The number of carbonyl (C=O) groups is 2. The van der Waals surface area contributed by atoms with Crippen molar-refractivity contribution >= 4 is 11.8 Å². The van der Waals surface area contributed by atoms with Gasteiger partial charge in [0.05, 0.1) is 6.54 Å². The van der Waals surface area contributed by atoms with Crippen LogP contribution in [0.4, 0.5) is 4.39 Å². The Labute approximate surface area is 139 Å². The van der Waals surface area contributed by atoms with Crippen LogP contribution in [0.15, 0.2) is 42.6 Å². The minimum atomic E-state index is -0.345. The molecule has 0 unspecified atom stereocenters. The van der Waals surface area contributed by atoms with Crippen LogP contribution in [0.2, 0.25) is 0 Å². The van der Waals surface area contributed by atoms with Gasteiger partial charge in [-0.15, -0.1) is 0 Å². The van der Waals surface area contributed by atoms with E-state index in [-0.39, 0.29) is 30.7 Å². The molecular weight excluding hydrogens is 313 g/mol. The summed E-state index contributed by atoms with van der Waals surface area (Å²) in [6, 6.07) is 9.02. The van der Waals surface area contributed by atoms with E-state index < -0.39 is 0 Å². The molecule has 0 aliphatic heterocycles. The van der Waals surface area contributed by atoms with Crippen LogP contribution in [-0.4, -0.2) is 35.3 Å². The third-order valence-corrected chi connectivity index (χ3v) is 3.24. The van der Waals surface area contributed by atoms with Crippen LogP contribution in [0.5, 0.6) is 11.6 Å². The molecule has 1 aromatic heterocycles. The number of hydrogen-bond donors (Lipinski definition) is 1. The van der Waals surface area contributed by atoms with Gasteiger partial charge in [0, 0.05) is 32.8 Å². The van der Waals surface area contributed by atoms with E-state index in [9.17, 15) is 14.0 Å². The average molecular weight is 331 g/mol. The molecule has 2 rings (SSSR count). The average Bonchev–Trinajstić information content (AvgIpc) is 2.55. The molecule has 0 saturated carbocycles. The van der Waals surface area contributed by atoms with E-state index in [1.54, 1.807) is 25.4 Å². The first-order valence-corrected chi connectivity index (χ1v) is 7.31. The highest BCUT2D eigenvalue weighted by Gasteiger charge is 2.09. The lowest BCUT2D eigenvalue weighted by atomic mass is 10.2. The zero-order chi connectivity index (χ0) is 17.5. The van der Waals surface area contributed by atoms with Crippen LogP contribution in [0.3, 0.4) is 0 Å². The van der Waals surface area contributed by atoms with Gasteiger partial charge in [-0.3, -0.25) is 9.59 Å². The molecule has 1 heterocycles. The van der Waals surface area contributed by atoms with Crippen LogP contribution >= 0.6 is 0 Å². The Morgan fingerprint density at radius 2 is 1.96 bits per heavy atom. The lowest BCUT2D eigenvalue weighted by molar-refractivity contribution is -0.133. The molecule has 1 N–H and O–H groups in total. The van der Waals surface area contributed by atoms with Crippen LogP contribution in [-0.2, 0) is 16.1 Å². The molecular formula is C17H18FN3O3. The Balaban J connectivity index is 1.91. The second-order valence-corrected chi connectivity index (χ2v) is 5.21. The number of nitrogens with one attached hydrogen (secondary N) is 1. The third kappa shape index (κ3) is 5.35. The second-order valence-electron chi connectivity index (χ2n) is 5.21. The molecule has 0 spiro atoms. The van der Waals surface area contributed by atoms with Gasteiger partial charge < -0.3 is 15.0 Å². The summed E-state index contributed by atoms with van der Waals surface area (Å²) < 4.78 is 18.4. The van der Waals surface area contributed by atoms with Gasteiger partial charge in [0.2, 0.25) is 17.7 Å². The fourth-order valence-electron chi connectivity index (χ4n) is 1.82. The number of ether oxygens (including phenoxy) is 1. The zero-order valence-electron chi connectivity index (χ0n) is 13.5. The van der Waals surface area contributed by atoms with Gasteiger partial charge in [-0.2, -0.15) is 0 Å². The van der Waals surface area contributed by atoms with Crippen LogP contribution in [0, 0.1) is 5.82 Å². The first-order valence-electron chi connectivity index (χ1n) is 7.31. The Morgan fingerprint density at radius 3 is 2.62 bits per heavy atom. The van der Waals surface area contributed by atoms with Crippen molar-refractivity contribution in [3.05, 3.63) is 54.0 Å². The number of nitrogens with zero attached hydrogens (tertiary/aromatic N) is 2. The summed E-state index contributed by atoms with van der Waals surface area (Å²) in [5, 5.41) is 2.72. The second kappa shape index (κ2) is 8.05. The van der Waals surface area contributed by atoms with Crippen LogP contribution < -0.4 is 10.1 Å². The maximum atomic E-state index is 12.9. The van der Waals surface area contributed by atoms with Crippen molar-refractivity contribution in [2.24, 2.45) is 0 Å². The summed E-state index contributed by atoms with van der Waals surface area (Å²) in [5.74, 6) is 0.0271. The number of halogens is 1. The molecule has 0 aliphatic carbocycles. The largest absolute Gasteiger partial charge is 0.439 e. The van der Waals surface area contributed by atoms with Crippen LogP contribution in [0.25, 0.3) is 0 Å². The Bertz CT molecular complexity index is 719. The topological polar surface area (TPSA) is 71.5 Å². The smallest absolute Gasteiger partial charge is 0.239 e. The molecule has 126 valence electrons. The van der Waals surface area contributed by atoms with Crippen molar-refractivity contribution in [1.29, 1.82) is 0 Å². The predicted molar refractivity (Wildman–Crippen MR) is 85.9 cm³/mol. The zero-order valence-corrected chi connectivity index (χ0v) is 13.5. The van der Waals surface area contributed by atoms with E-state index >= 15 is 0 Å². The van der Waals surface area contributed by atoms with Gasteiger partial charge in [-0.05, 0) is 35.9 Å². The summed E-state index contributed by atoms with van der Waals surface area (Å²) in [7, 11) is 1.56. The molecule has 1 aromatic carbocycles. The van der Waals surface area contributed by atoms with Crippen molar-refractivity contribution in [2.45, 2.75) is 13.5 Å². The minimum Gasteiger partial charge on any atom is -0.439 e. The third-order valence-electron chi connectivity index (χ3n) is 3.24. The molecule has 6 nitrogen and oxygen atoms in total. The summed E-state index contributed by atoms with van der Waals surface area (Å²) in [6.07, 6.45) is 1.56. The number of hydrogen-bond acceptors (Lipinski definition) is 4. The number of aromatic nitrogens is 1. The number of pyridine rings is 1. The number of rotatable bonds is 6. The van der Waals surface area contributed by atoms with E-state index in [2.05, 4.69) is 10.3 Å². The highest BCUT2D eigenvalue weighted by molar-refractivity contribution is 5.83. The molecule has 2 aromatic rings. The molecule has 0 bridgehead atoms. The summed E-state index contributed by atoms with van der Waals surface area (Å²) in [4.78, 5) is 28.2. The number of amides is 2. The summed E-state index contributed by atoms with van der Waals surface area (Å²) >= 11 is 0.